The molecule has 0 spiro atoms. The summed E-state index contributed by atoms with van der Waals surface area (Å²) >= 11 is 0. The SMILES string of the molecule is c1ccc([Si](OB(O[Si](c2ccccc2)(c2ccccc2)c2ccccc2)O[Si](c2ccccc2)(c2ccccc2)c2ccccc2)(c2ccccc2)c2ccccc2)cc1. The molecular formula is C54H45BO3Si3. The molecule has 0 aliphatic carbocycles. The second-order valence-corrected chi connectivity index (χ2v) is 25.0. The number of rotatable bonds is 15. The van der Waals surface area contributed by atoms with Crippen molar-refractivity contribution < 1.29 is 13.0 Å². The molecule has 0 N–H and O–H groups in total. The molecule has 0 saturated heterocycles. The van der Waals surface area contributed by atoms with Gasteiger partial charge in [0, 0.05) is 0 Å². The van der Waals surface area contributed by atoms with E-state index < -0.39 is 32.3 Å². The van der Waals surface area contributed by atoms with Crippen molar-refractivity contribution >= 4 is 79.0 Å². The summed E-state index contributed by atoms with van der Waals surface area (Å²) in [4.78, 5) is 0. The van der Waals surface area contributed by atoms with Gasteiger partial charge in [0.1, 0.15) is 0 Å². The molecule has 0 aliphatic rings. The third-order valence-corrected chi connectivity index (χ3v) is 23.4. The van der Waals surface area contributed by atoms with Gasteiger partial charge in [0.25, 0.3) is 25.0 Å². The Hall–Kier alpha value is -6.42. The second-order valence-electron chi connectivity index (χ2n) is 15.0. The van der Waals surface area contributed by atoms with Crippen LogP contribution < -0.4 is 46.7 Å². The topological polar surface area (TPSA) is 27.7 Å². The van der Waals surface area contributed by atoms with Gasteiger partial charge in [0.05, 0.1) is 0 Å². The minimum Gasteiger partial charge on any atom is -0.418 e. The first-order chi connectivity index (χ1) is 30.2. The van der Waals surface area contributed by atoms with Crippen LogP contribution in [0, 0.1) is 0 Å². The van der Waals surface area contributed by atoms with Crippen LogP contribution in [0.2, 0.25) is 0 Å². The highest BCUT2D eigenvalue weighted by Crippen LogP contribution is 2.21. The quantitative estimate of drug-likeness (QED) is 0.0935. The maximum absolute atomic E-state index is 8.20. The number of hydrogen-bond acceptors (Lipinski definition) is 3. The van der Waals surface area contributed by atoms with Gasteiger partial charge in [-0.1, -0.05) is 273 Å². The zero-order chi connectivity index (χ0) is 41.2. The maximum Gasteiger partial charge on any atom is 0.608 e. The average Bonchev–Trinajstić information content (AvgIpc) is 3.36. The lowest BCUT2D eigenvalue weighted by Gasteiger charge is -2.43. The van der Waals surface area contributed by atoms with Gasteiger partial charge in [0.2, 0.25) is 0 Å². The fourth-order valence-corrected chi connectivity index (χ4v) is 20.3. The lowest BCUT2D eigenvalue weighted by atomic mass is 10.3. The van der Waals surface area contributed by atoms with Crippen LogP contribution in [0.25, 0.3) is 0 Å². The minimum absolute atomic E-state index is 1.09. The van der Waals surface area contributed by atoms with Crippen molar-refractivity contribution in [1.29, 1.82) is 0 Å². The lowest BCUT2D eigenvalue weighted by molar-refractivity contribution is 0.314. The average molecular weight is 837 g/mol. The van der Waals surface area contributed by atoms with Crippen molar-refractivity contribution in [2.45, 2.75) is 0 Å². The molecule has 0 fully saturated rings. The molecule has 7 heteroatoms. The molecule has 9 aromatic carbocycles. The summed E-state index contributed by atoms with van der Waals surface area (Å²) in [7, 11) is -11.7. The Morgan fingerprint density at radius 1 is 0.180 bits per heavy atom. The monoisotopic (exact) mass is 836 g/mol. The third kappa shape index (κ3) is 7.87. The molecule has 61 heavy (non-hydrogen) atoms. The molecule has 294 valence electrons. The van der Waals surface area contributed by atoms with Crippen molar-refractivity contribution in [3.8, 4) is 0 Å². The summed E-state index contributed by atoms with van der Waals surface area (Å²) in [5.74, 6) is 0. The van der Waals surface area contributed by atoms with Crippen LogP contribution in [-0.4, -0.2) is 32.3 Å². The molecule has 9 rings (SSSR count). The first-order valence-electron chi connectivity index (χ1n) is 20.8. The van der Waals surface area contributed by atoms with Crippen LogP contribution >= 0.6 is 0 Å². The number of hydrogen-bond donors (Lipinski definition) is 0. The van der Waals surface area contributed by atoms with Gasteiger partial charge in [-0.15, -0.1) is 0 Å². The van der Waals surface area contributed by atoms with E-state index in [0.717, 1.165) is 46.7 Å². The summed E-state index contributed by atoms with van der Waals surface area (Å²) in [5, 5.41) is 9.77. The zero-order valence-corrected chi connectivity index (χ0v) is 36.8. The molecule has 3 nitrogen and oxygen atoms in total. The fraction of sp³-hybridized carbons (Fsp3) is 0. The molecule has 0 aromatic heterocycles. The summed E-state index contributed by atoms with van der Waals surface area (Å²) in [6, 6.07) is 96.2. The molecule has 0 radical (unpaired) electrons. The van der Waals surface area contributed by atoms with E-state index >= 15 is 0 Å². The van der Waals surface area contributed by atoms with E-state index in [4.69, 9.17) is 13.0 Å². The Labute approximate surface area is 363 Å². The Balaban J connectivity index is 1.39. The van der Waals surface area contributed by atoms with Crippen molar-refractivity contribution in [3.05, 3.63) is 273 Å². The molecule has 0 amide bonds. The summed E-state index contributed by atoms with van der Waals surface area (Å²) in [6.07, 6.45) is 0. The highest BCUT2D eigenvalue weighted by Gasteiger charge is 2.55. The standard InChI is InChI=1S/C54H45BO3Si3/c1-10-28-46(29-11-1)59(47-30-12-2-13-31-47,48-32-14-3-15-33-48)56-55(57-60(49-34-16-4-17-35-49,50-36-18-5-19-37-50)51-38-20-6-21-39-51)58-61(52-40-22-7-23-41-52,53-42-24-8-25-43-53)54-44-26-9-27-45-54/h1-45H. The first-order valence-corrected chi connectivity index (χ1v) is 26.5. The molecule has 0 saturated carbocycles. The number of benzene rings is 9. The van der Waals surface area contributed by atoms with Crippen molar-refractivity contribution in [2.75, 3.05) is 0 Å². The molecule has 0 bridgehead atoms. The summed E-state index contributed by atoms with van der Waals surface area (Å²) in [5.41, 5.74) is 0. The van der Waals surface area contributed by atoms with Gasteiger partial charge in [0.15, 0.2) is 0 Å². The second kappa shape index (κ2) is 18.5. The van der Waals surface area contributed by atoms with Crippen LogP contribution in [0.15, 0.2) is 273 Å². The highest BCUT2D eigenvalue weighted by molar-refractivity contribution is 7.14. The Morgan fingerprint density at radius 3 is 0.410 bits per heavy atom. The molecule has 0 unspecified atom stereocenters. The van der Waals surface area contributed by atoms with E-state index in [1.807, 2.05) is 0 Å². The van der Waals surface area contributed by atoms with Gasteiger partial charge >= 0.3 is 7.32 Å². The predicted octanol–water partition coefficient (Wildman–Crippen LogP) is 6.02. The van der Waals surface area contributed by atoms with Crippen LogP contribution in [0.3, 0.4) is 0 Å². The minimum atomic E-state index is -3.50. The smallest absolute Gasteiger partial charge is 0.418 e. The van der Waals surface area contributed by atoms with Crippen molar-refractivity contribution in [2.24, 2.45) is 0 Å². The largest absolute Gasteiger partial charge is 0.608 e. The van der Waals surface area contributed by atoms with E-state index in [2.05, 4.69) is 273 Å². The summed E-state index contributed by atoms with van der Waals surface area (Å²) in [6.45, 7) is 0. The highest BCUT2D eigenvalue weighted by atomic mass is 28.4. The van der Waals surface area contributed by atoms with Gasteiger partial charge in [-0.05, 0) is 46.7 Å². The van der Waals surface area contributed by atoms with Crippen LogP contribution in [0.4, 0.5) is 0 Å². The zero-order valence-electron chi connectivity index (χ0n) is 33.8. The molecule has 0 atom stereocenters. The maximum atomic E-state index is 8.20. The van der Waals surface area contributed by atoms with Gasteiger partial charge in [-0.2, -0.15) is 0 Å². The summed E-state index contributed by atoms with van der Waals surface area (Å²) < 4.78 is 24.6. The van der Waals surface area contributed by atoms with Crippen LogP contribution in [0.5, 0.6) is 0 Å². The Morgan fingerprint density at radius 2 is 0.295 bits per heavy atom. The Kier molecular flexibility index (Phi) is 12.1. The molecule has 9 aromatic rings. The van der Waals surface area contributed by atoms with Gasteiger partial charge in [-0.3, -0.25) is 0 Å². The van der Waals surface area contributed by atoms with E-state index in [-0.39, 0.29) is 0 Å². The van der Waals surface area contributed by atoms with E-state index in [0.29, 0.717) is 0 Å². The Bertz CT molecular complexity index is 2110. The first kappa shape index (κ1) is 40.0. The lowest BCUT2D eigenvalue weighted by Crippen LogP contribution is -2.78. The van der Waals surface area contributed by atoms with Crippen molar-refractivity contribution in [1.82, 2.24) is 0 Å². The van der Waals surface area contributed by atoms with Gasteiger partial charge < -0.3 is 13.0 Å². The van der Waals surface area contributed by atoms with Crippen molar-refractivity contribution in [3.63, 3.8) is 0 Å². The fourth-order valence-electron chi connectivity index (χ4n) is 8.67. The van der Waals surface area contributed by atoms with E-state index in [9.17, 15) is 0 Å². The van der Waals surface area contributed by atoms with Crippen LogP contribution in [-0.2, 0) is 13.0 Å². The normalized spacial score (nSPS) is 11.8. The molecular weight excluding hydrogens is 792 g/mol. The molecule has 0 aliphatic heterocycles. The van der Waals surface area contributed by atoms with E-state index in [1.54, 1.807) is 0 Å². The molecule has 0 heterocycles. The van der Waals surface area contributed by atoms with Gasteiger partial charge in [-0.25, -0.2) is 0 Å². The van der Waals surface area contributed by atoms with E-state index in [1.165, 1.54) is 0 Å². The third-order valence-electron chi connectivity index (χ3n) is 11.4. The van der Waals surface area contributed by atoms with Crippen LogP contribution in [0.1, 0.15) is 0 Å². The predicted molar refractivity (Wildman–Crippen MR) is 261 cm³/mol.